The van der Waals surface area contributed by atoms with Gasteiger partial charge in [-0.05, 0) is 6.92 Å². The first-order valence-electron chi connectivity index (χ1n) is 2.66. The summed E-state index contributed by atoms with van der Waals surface area (Å²) in [6.45, 7) is 1.84. The zero-order valence-electron chi connectivity index (χ0n) is 5.09. The number of hydrogen-bond donors (Lipinski definition) is 2. The SMILES string of the molecule is CC=C1CSC(O)=C1O. The highest BCUT2D eigenvalue weighted by Crippen LogP contribution is 2.31. The number of aliphatic hydroxyl groups excluding tert-OH is 2. The maximum atomic E-state index is 9.00. The van der Waals surface area contributed by atoms with Gasteiger partial charge in [-0.2, -0.15) is 0 Å². The van der Waals surface area contributed by atoms with Crippen molar-refractivity contribution in [2.45, 2.75) is 6.92 Å². The van der Waals surface area contributed by atoms with Crippen LogP contribution in [0.1, 0.15) is 6.92 Å². The molecule has 2 N–H and O–H groups in total. The fourth-order valence-electron chi connectivity index (χ4n) is 0.640. The monoisotopic (exact) mass is 144 g/mol. The van der Waals surface area contributed by atoms with Crippen molar-refractivity contribution in [3.63, 3.8) is 0 Å². The van der Waals surface area contributed by atoms with Gasteiger partial charge in [0.15, 0.2) is 10.9 Å². The molecule has 0 amide bonds. The highest BCUT2D eigenvalue weighted by atomic mass is 32.2. The molecule has 1 aliphatic rings. The molecule has 0 saturated heterocycles. The van der Waals surface area contributed by atoms with E-state index in [2.05, 4.69) is 0 Å². The number of thioether (sulfide) groups is 1. The highest BCUT2D eigenvalue weighted by Gasteiger charge is 2.17. The van der Waals surface area contributed by atoms with Crippen LogP contribution in [-0.2, 0) is 0 Å². The van der Waals surface area contributed by atoms with Gasteiger partial charge < -0.3 is 10.2 Å². The van der Waals surface area contributed by atoms with E-state index in [1.165, 1.54) is 11.8 Å². The van der Waals surface area contributed by atoms with Gasteiger partial charge in [0.25, 0.3) is 0 Å². The van der Waals surface area contributed by atoms with Gasteiger partial charge in [0.05, 0.1) is 0 Å². The predicted molar refractivity (Wildman–Crippen MR) is 38.5 cm³/mol. The molecule has 0 spiro atoms. The summed E-state index contributed by atoms with van der Waals surface area (Å²) in [6, 6.07) is 0. The Hall–Kier alpha value is -0.570. The van der Waals surface area contributed by atoms with Gasteiger partial charge in [0.2, 0.25) is 0 Å². The minimum atomic E-state index is 0.0440. The molecule has 0 bridgehead atoms. The van der Waals surface area contributed by atoms with Crippen LogP contribution < -0.4 is 0 Å². The first-order valence-corrected chi connectivity index (χ1v) is 3.65. The predicted octanol–water partition coefficient (Wildman–Crippen LogP) is 1.96. The molecule has 0 aromatic carbocycles. The molecule has 2 nitrogen and oxygen atoms in total. The van der Waals surface area contributed by atoms with E-state index in [-0.39, 0.29) is 10.9 Å². The fourth-order valence-corrected chi connectivity index (χ4v) is 1.50. The maximum absolute atomic E-state index is 9.00. The molecule has 9 heavy (non-hydrogen) atoms. The molecular weight excluding hydrogens is 136 g/mol. The molecule has 0 aromatic heterocycles. The second-order valence-electron chi connectivity index (χ2n) is 1.76. The summed E-state index contributed by atoms with van der Waals surface area (Å²) in [6.07, 6.45) is 1.80. The van der Waals surface area contributed by atoms with E-state index in [9.17, 15) is 0 Å². The number of hydrogen-bond acceptors (Lipinski definition) is 3. The molecule has 50 valence electrons. The molecule has 1 heterocycles. The fraction of sp³-hybridized carbons (Fsp3) is 0.333. The van der Waals surface area contributed by atoms with Crippen molar-refractivity contribution in [1.29, 1.82) is 0 Å². The molecule has 3 heteroatoms. The van der Waals surface area contributed by atoms with Gasteiger partial charge in [0, 0.05) is 11.3 Å². The Labute approximate surface area is 57.9 Å². The molecule has 0 saturated carbocycles. The molecule has 0 aromatic rings. The van der Waals surface area contributed by atoms with Gasteiger partial charge in [0.1, 0.15) is 0 Å². The summed E-state index contributed by atoms with van der Waals surface area (Å²) in [5.41, 5.74) is 0.817. The van der Waals surface area contributed by atoms with Crippen LogP contribution in [-0.4, -0.2) is 16.0 Å². The molecule has 0 fully saturated rings. The maximum Gasteiger partial charge on any atom is 0.193 e. The van der Waals surface area contributed by atoms with Crippen molar-refractivity contribution in [3.05, 3.63) is 22.5 Å². The minimum Gasteiger partial charge on any atom is -0.504 e. The highest BCUT2D eigenvalue weighted by molar-refractivity contribution is 8.03. The van der Waals surface area contributed by atoms with Crippen LogP contribution >= 0.6 is 11.8 Å². The van der Waals surface area contributed by atoms with Crippen LogP contribution in [0, 0.1) is 0 Å². The lowest BCUT2D eigenvalue weighted by Gasteiger charge is -1.90. The third-order valence-electron chi connectivity index (χ3n) is 1.22. The molecule has 0 radical (unpaired) electrons. The van der Waals surface area contributed by atoms with Gasteiger partial charge >= 0.3 is 0 Å². The Balaban J connectivity index is 2.88. The van der Waals surface area contributed by atoms with Gasteiger partial charge in [-0.3, -0.25) is 0 Å². The van der Waals surface area contributed by atoms with E-state index in [4.69, 9.17) is 10.2 Å². The summed E-state index contributed by atoms with van der Waals surface area (Å²) < 4.78 is 0. The first kappa shape index (κ1) is 6.55. The zero-order chi connectivity index (χ0) is 6.85. The standard InChI is InChI=1S/C6H8O2S/c1-2-4-3-9-6(8)5(4)7/h2,7-8H,3H2,1H3. The lowest BCUT2D eigenvalue weighted by Crippen LogP contribution is -1.83. The minimum absolute atomic E-state index is 0.0440. The van der Waals surface area contributed by atoms with Crippen LogP contribution in [0.5, 0.6) is 0 Å². The van der Waals surface area contributed by atoms with Crippen molar-refractivity contribution in [3.8, 4) is 0 Å². The summed E-state index contributed by atoms with van der Waals surface area (Å²) >= 11 is 1.25. The van der Waals surface area contributed by atoms with Crippen molar-refractivity contribution in [1.82, 2.24) is 0 Å². The first-order chi connectivity index (χ1) is 4.25. The van der Waals surface area contributed by atoms with E-state index in [1.54, 1.807) is 6.08 Å². The van der Waals surface area contributed by atoms with Gasteiger partial charge in [-0.15, -0.1) is 0 Å². The second-order valence-corrected chi connectivity index (χ2v) is 2.72. The molecule has 0 aliphatic carbocycles. The third kappa shape index (κ3) is 1.05. The Morgan fingerprint density at radius 3 is 2.44 bits per heavy atom. The second kappa shape index (κ2) is 2.35. The quantitative estimate of drug-likeness (QED) is 0.546. The Kier molecular flexibility index (Phi) is 1.71. The van der Waals surface area contributed by atoms with Crippen LogP contribution in [0.15, 0.2) is 22.5 Å². The smallest absolute Gasteiger partial charge is 0.193 e. The van der Waals surface area contributed by atoms with Gasteiger partial charge in [-0.25, -0.2) is 0 Å². The summed E-state index contributed by atoms with van der Waals surface area (Å²) in [5, 5.41) is 17.9. The van der Waals surface area contributed by atoms with E-state index >= 15 is 0 Å². The normalized spacial score (nSPS) is 23.9. The zero-order valence-corrected chi connectivity index (χ0v) is 5.90. The largest absolute Gasteiger partial charge is 0.504 e. The Bertz CT molecular complexity index is 181. The van der Waals surface area contributed by atoms with Crippen LogP contribution in [0.2, 0.25) is 0 Å². The van der Waals surface area contributed by atoms with Crippen molar-refractivity contribution < 1.29 is 10.2 Å². The summed E-state index contributed by atoms with van der Waals surface area (Å²) in [5.74, 6) is 0.733. The van der Waals surface area contributed by atoms with E-state index in [0.29, 0.717) is 5.75 Å². The van der Waals surface area contributed by atoms with Crippen molar-refractivity contribution in [2.24, 2.45) is 0 Å². The average molecular weight is 144 g/mol. The third-order valence-corrected chi connectivity index (χ3v) is 2.14. The lowest BCUT2D eigenvalue weighted by molar-refractivity contribution is 0.365. The van der Waals surface area contributed by atoms with Crippen LogP contribution in [0.3, 0.4) is 0 Å². The lowest BCUT2D eigenvalue weighted by atomic mass is 10.2. The summed E-state index contributed by atoms with van der Waals surface area (Å²) in [7, 11) is 0. The van der Waals surface area contributed by atoms with Crippen LogP contribution in [0.25, 0.3) is 0 Å². The summed E-state index contributed by atoms with van der Waals surface area (Å²) in [4.78, 5) is 0. The van der Waals surface area contributed by atoms with E-state index in [1.807, 2.05) is 6.92 Å². The molecule has 1 aliphatic heterocycles. The topological polar surface area (TPSA) is 40.5 Å². The number of aliphatic hydroxyl groups is 2. The van der Waals surface area contributed by atoms with E-state index < -0.39 is 0 Å². The van der Waals surface area contributed by atoms with E-state index in [0.717, 1.165) is 5.57 Å². The number of rotatable bonds is 0. The molecule has 0 unspecified atom stereocenters. The van der Waals surface area contributed by atoms with Crippen LogP contribution in [0.4, 0.5) is 0 Å². The van der Waals surface area contributed by atoms with Crippen molar-refractivity contribution >= 4 is 11.8 Å². The van der Waals surface area contributed by atoms with Gasteiger partial charge in [-0.1, -0.05) is 17.8 Å². The number of allylic oxidation sites excluding steroid dienone is 2. The molecular formula is C6H8O2S. The molecule has 0 atom stereocenters. The Morgan fingerprint density at radius 1 is 1.56 bits per heavy atom. The van der Waals surface area contributed by atoms with Crippen molar-refractivity contribution in [2.75, 3.05) is 5.75 Å². The Morgan fingerprint density at radius 2 is 2.22 bits per heavy atom. The average Bonchev–Trinajstić information content (AvgIpc) is 2.15. The molecule has 1 rings (SSSR count).